The zero-order chi connectivity index (χ0) is 13.6. The molecule has 0 bridgehead atoms. The second-order valence-electron chi connectivity index (χ2n) is 6.24. The molecular weight excluding hydrogens is 230 g/mol. The summed E-state index contributed by atoms with van der Waals surface area (Å²) in [6, 6.07) is 15.6. The zero-order valence-electron chi connectivity index (χ0n) is 12.2. The van der Waals surface area contributed by atoms with E-state index in [9.17, 15) is 0 Å². The largest absolute Gasteiger partial charge is 0.341 e. The summed E-state index contributed by atoms with van der Waals surface area (Å²) in [6.45, 7) is 10.0. The van der Waals surface area contributed by atoms with Crippen molar-refractivity contribution in [2.45, 2.75) is 39.7 Å². The molecule has 2 aromatic carbocycles. The average molecular weight is 251 g/mol. The first-order valence-corrected chi connectivity index (χ1v) is 7.04. The van der Waals surface area contributed by atoms with Crippen molar-refractivity contribution in [3.63, 3.8) is 0 Å². The highest BCUT2D eigenvalue weighted by Gasteiger charge is 2.16. The Balaban J connectivity index is 2.43. The summed E-state index contributed by atoms with van der Waals surface area (Å²) in [5.74, 6) is 0. The lowest BCUT2D eigenvalue weighted by Gasteiger charge is -2.19. The summed E-state index contributed by atoms with van der Waals surface area (Å²) >= 11 is 0. The summed E-state index contributed by atoms with van der Waals surface area (Å²) < 4.78 is 2.40. The van der Waals surface area contributed by atoms with Crippen LogP contribution in [0.2, 0.25) is 0 Å². The number of benzene rings is 2. The Hall–Kier alpha value is -1.76. The molecule has 3 aromatic rings. The van der Waals surface area contributed by atoms with Gasteiger partial charge in [-0.1, -0.05) is 45.0 Å². The standard InChI is InChI=1S/C18H21N/c1-5-19-16-9-7-6-8-14(16)15-12-13(18(2,3)4)10-11-17(15)19/h6-12H,5H2,1-4H3. The third kappa shape index (κ3) is 1.85. The Morgan fingerprint density at radius 2 is 1.58 bits per heavy atom. The van der Waals surface area contributed by atoms with Crippen LogP contribution in [0.15, 0.2) is 42.5 Å². The summed E-state index contributed by atoms with van der Waals surface area (Å²) in [7, 11) is 0. The van der Waals surface area contributed by atoms with Crippen molar-refractivity contribution in [3.05, 3.63) is 48.0 Å². The Labute approximate surface area is 114 Å². The molecule has 0 aliphatic rings. The van der Waals surface area contributed by atoms with Gasteiger partial charge >= 0.3 is 0 Å². The number of nitrogens with zero attached hydrogens (tertiary/aromatic N) is 1. The lowest BCUT2D eigenvalue weighted by Crippen LogP contribution is -2.10. The van der Waals surface area contributed by atoms with E-state index in [1.165, 1.54) is 27.4 Å². The summed E-state index contributed by atoms with van der Waals surface area (Å²) in [5.41, 5.74) is 4.28. The normalized spacial score (nSPS) is 12.4. The van der Waals surface area contributed by atoms with Gasteiger partial charge in [-0.15, -0.1) is 0 Å². The molecule has 0 radical (unpaired) electrons. The number of hydrogen-bond acceptors (Lipinski definition) is 0. The Bertz CT molecular complexity index is 741. The number of para-hydroxylation sites is 1. The number of aryl methyl sites for hydroxylation is 1. The highest BCUT2D eigenvalue weighted by Crippen LogP contribution is 2.32. The number of rotatable bonds is 1. The second-order valence-corrected chi connectivity index (χ2v) is 6.24. The van der Waals surface area contributed by atoms with Gasteiger partial charge in [0, 0.05) is 28.4 Å². The van der Waals surface area contributed by atoms with Gasteiger partial charge in [-0.3, -0.25) is 0 Å². The fourth-order valence-electron chi connectivity index (χ4n) is 2.86. The van der Waals surface area contributed by atoms with Crippen molar-refractivity contribution in [3.8, 4) is 0 Å². The van der Waals surface area contributed by atoms with Gasteiger partial charge in [0.15, 0.2) is 0 Å². The molecule has 1 nitrogen and oxygen atoms in total. The lowest BCUT2D eigenvalue weighted by atomic mass is 9.86. The molecule has 0 amide bonds. The van der Waals surface area contributed by atoms with E-state index in [0.717, 1.165) is 6.54 Å². The molecule has 98 valence electrons. The van der Waals surface area contributed by atoms with Crippen LogP contribution in [0, 0.1) is 0 Å². The highest BCUT2D eigenvalue weighted by molar-refractivity contribution is 6.08. The van der Waals surface area contributed by atoms with Gasteiger partial charge < -0.3 is 4.57 Å². The van der Waals surface area contributed by atoms with Crippen molar-refractivity contribution >= 4 is 21.8 Å². The van der Waals surface area contributed by atoms with Crippen LogP contribution in [0.5, 0.6) is 0 Å². The molecule has 0 aliphatic carbocycles. The molecule has 0 atom stereocenters. The van der Waals surface area contributed by atoms with E-state index in [1.807, 2.05) is 0 Å². The summed E-state index contributed by atoms with van der Waals surface area (Å²) in [5, 5.41) is 2.75. The van der Waals surface area contributed by atoms with Crippen LogP contribution in [-0.2, 0) is 12.0 Å². The first-order valence-electron chi connectivity index (χ1n) is 7.04. The molecule has 0 fully saturated rings. The molecule has 1 aromatic heterocycles. The van der Waals surface area contributed by atoms with Crippen molar-refractivity contribution < 1.29 is 0 Å². The lowest BCUT2D eigenvalue weighted by molar-refractivity contribution is 0.591. The molecule has 1 heteroatoms. The molecule has 1 heterocycles. The van der Waals surface area contributed by atoms with Gasteiger partial charge in [-0.2, -0.15) is 0 Å². The number of aromatic nitrogens is 1. The van der Waals surface area contributed by atoms with Crippen LogP contribution in [-0.4, -0.2) is 4.57 Å². The minimum atomic E-state index is 0.198. The van der Waals surface area contributed by atoms with Gasteiger partial charge in [0.1, 0.15) is 0 Å². The minimum Gasteiger partial charge on any atom is -0.341 e. The number of hydrogen-bond donors (Lipinski definition) is 0. The Morgan fingerprint density at radius 1 is 0.895 bits per heavy atom. The molecule has 0 N–H and O–H groups in total. The van der Waals surface area contributed by atoms with E-state index in [4.69, 9.17) is 0 Å². The molecule has 19 heavy (non-hydrogen) atoms. The third-order valence-corrected chi connectivity index (χ3v) is 3.95. The summed E-state index contributed by atoms with van der Waals surface area (Å²) in [6.07, 6.45) is 0. The SMILES string of the molecule is CCn1c2ccccc2c2cc(C(C)(C)C)ccc21. The van der Waals surface area contributed by atoms with E-state index < -0.39 is 0 Å². The maximum Gasteiger partial charge on any atom is 0.0491 e. The van der Waals surface area contributed by atoms with Crippen molar-refractivity contribution in [1.29, 1.82) is 0 Å². The molecule has 0 saturated heterocycles. The third-order valence-electron chi connectivity index (χ3n) is 3.95. The second kappa shape index (κ2) is 4.12. The monoisotopic (exact) mass is 251 g/mol. The van der Waals surface area contributed by atoms with Gasteiger partial charge in [0.25, 0.3) is 0 Å². The fraction of sp³-hybridized carbons (Fsp3) is 0.333. The molecular formula is C18H21N. The van der Waals surface area contributed by atoms with E-state index in [-0.39, 0.29) is 5.41 Å². The van der Waals surface area contributed by atoms with Gasteiger partial charge in [-0.25, -0.2) is 0 Å². The zero-order valence-corrected chi connectivity index (χ0v) is 12.2. The van der Waals surface area contributed by atoms with Gasteiger partial charge in [-0.05, 0) is 36.1 Å². The van der Waals surface area contributed by atoms with Crippen molar-refractivity contribution in [2.75, 3.05) is 0 Å². The van der Waals surface area contributed by atoms with Crippen molar-refractivity contribution in [2.24, 2.45) is 0 Å². The first-order chi connectivity index (χ1) is 9.02. The Kier molecular flexibility index (Phi) is 2.67. The smallest absolute Gasteiger partial charge is 0.0491 e. The summed E-state index contributed by atoms with van der Waals surface area (Å²) in [4.78, 5) is 0. The van der Waals surface area contributed by atoms with Crippen molar-refractivity contribution in [1.82, 2.24) is 4.57 Å². The van der Waals surface area contributed by atoms with E-state index in [1.54, 1.807) is 0 Å². The van der Waals surface area contributed by atoms with Crippen LogP contribution in [0.4, 0.5) is 0 Å². The fourth-order valence-corrected chi connectivity index (χ4v) is 2.86. The maximum atomic E-state index is 2.40. The van der Waals surface area contributed by atoms with Crippen LogP contribution >= 0.6 is 0 Å². The predicted molar refractivity (Wildman–Crippen MR) is 83.8 cm³/mol. The average Bonchev–Trinajstić information content (AvgIpc) is 2.70. The minimum absolute atomic E-state index is 0.198. The first kappa shape index (κ1) is 12.3. The quantitative estimate of drug-likeness (QED) is 0.566. The van der Waals surface area contributed by atoms with Crippen LogP contribution in [0.3, 0.4) is 0 Å². The molecule has 0 saturated carbocycles. The van der Waals surface area contributed by atoms with Gasteiger partial charge in [0.2, 0.25) is 0 Å². The van der Waals surface area contributed by atoms with Crippen LogP contribution in [0.1, 0.15) is 33.3 Å². The highest BCUT2D eigenvalue weighted by atomic mass is 15.0. The van der Waals surface area contributed by atoms with E-state index in [0.29, 0.717) is 0 Å². The van der Waals surface area contributed by atoms with Crippen LogP contribution in [0.25, 0.3) is 21.8 Å². The molecule has 3 rings (SSSR count). The van der Waals surface area contributed by atoms with E-state index >= 15 is 0 Å². The van der Waals surface area contributed by atoms with Crippen LogP contribution < -0.4 is 0 Å². The predicted octanol–water partition coefficient (Wildman–Crippen LogP) is 5.11. The Morgan fingerprint density at radius 3 is 2.26 bits per heavy atom. The maximum absolute atomic E-state index is 2.40. The molecule has 0 aliphatic heterocycles. The van der Waals surface area contributed by atoms with E-state index in [2.05, 4.69) is 74.7 Å². The topological polar surface area (TPSA) is 4.93 Å². The molecule has 0 spiro atoms. The van der Waals surface area contributed by atoms with Gasteiger partial charge in [0.05, 0.1) is 0 Å². The molecule has 0 unspecified atom stereocenters. The number of fused-ring (bicyclic) bond motifs is 3.